The lowest BCUT2D eigenvalue weighted by atomic mass is 10.1. The molecule has 0 aliphatic heterocycles. The number of benzene rings is 2. The number of carbonyl (C=O) groups is 1. The van der Waals surface area contributed by atoms with Crippen molar-refractivity contribution in [3.63, 3.8) is 0 Å². The minimum atomic E-state index is -0.633. The Bertz CT molecular complexity index is 596. The summed E-state index contributed by atoms with van der Waals surface area (Å²) in [6.45, 7) is 0. The van der Waals surface area contributed by atoms with E-state index in [1.165, 1.54) is 18.2 Å². The molecule has 0 bridgehead atoms. The van der Waals surface area contributed by atoms with Crippen molar-refractivity contribution >= 4 is 39.1 Å². The normalized spacial score (nSPS) is 10.3. The Morgan fingerprint density at radius 3 is 2.50 bits per heavy atom. The van der Waals surface area contributed by atoms with Crippen LogP contribution in [-0.2, 0) is 6.42 Å². The van der Waals surface area contributed by atoms with E-state index < -0.39 is 11.7 Å². The highest BCUT2D eigenvalue weighted by Crippen LogP contribution is 2.20. The van der Waals surface area contributed by atoms with E-state index in [2.05, 4.69) is 21.2 Å². The van der Waals surface area contributed by atoms with Crippen LogP contribution >= 0.6 is 27.5 Å². The quantitative estimate of drug-likeness (QED) is 0.793. The third kappa shape index (κ3) is 3.58. The van der Waals surface area contributed by atoms with Gasteiger partial charge in [0, 0.05) is 11.0 Å². The molecule has 5 heteroatoms. The zero-order valence-electron chi connectivity index (χ0n) is 10.5. The van der Waals surface area contributed by atoms with E-state index >= 15 is 0 Å². The van der Waals surface area contributed by atoms with E-state index in [0.717, 1.165) is 17.3 Å². The van der Waals surface area contributed by atoms with Crippen LogP contribution in [0.1, 0.15) is 15.9 Å². The van der Waals surface area contributed by atoms with Crippen LogP contribution < -0.4 is 5.32 Å². The smallest absolute Gasteiger partial charge is 0.260 e. The van der Waals surface area contributed by atoms with E-state index in [-0.39, 0.29) is 10.6 Å². The van der Waals surface area contributed by atoms with Gasteiger partial charge in [-0.25, -0.2) is 4.39 Å². The number of hydrogen-bond donors (Lipinski definition) is 1. The average molecular weight is 357 g/mol. The van der Waals surface area contributed by atoms with Gasteiger partial charge < -0.3 is 5.32 Å². The Morgan fingerprint density at radius 2 is 1.90 bits per heavy atom. The maximum absolute atomic E-state index is 13.6. The van der Waals surface area contributed by atoms with Crippen molar-refractivity contribution < 1.29 is 9.18 Å². The molecule has 104 valence electrons. The molecule has 0 aliphatic carbocycles. The predicted molar refractivity (Wildman–Crippen MR) is 83.3 cm³/mol. The minimum Gasteiger partial charge on any atom is -0.322 e. The summed E-state index contributed by atoms with van der Waals surface area (Å²) >= 11 is 9.22. The van der Waals surface area contributed by atoms with Crippen LogP contribution in [0, 0.1) is 5.82 Å². The second-order valence-corrected chi connectivity index (χ2v) is 5.39. The predicted octanol–water partition coefficient (Wildman–Crippen LogP) is 4.67. The van der Waals surface area contributed by atoms with E-state index in [0.29, 0.717) is 5.69 Å². The molecular weight excluding hydrogens is 345 g/mol. The molecule has 2 aromatic rings. The molecule has 0 fully saturated rings. The van der Waals surface area contributed by atoms with Crippen molar-refractivity contribution in [2.75, 3.05) is 10.6 Å². The molecule has 0 aliphatic rings. The fourth-order valence-corrected chi connectivity index (χ4v) is 2.48. The summed E-state index contributed by atoms with van der Waals surface area (Å²) in [6.07, 6.45) is 0.910. The Kier molecular flexibility index (Phi) is 5.15. The highest BCUT2D eigenvalue weighted by molar-refractivity contribution is 9.09. The molecule has 0 radical (unpaired) electrons. The third-order valence-electron chi connectivity index (χ3n) is 2.78. The first-order valence-corrected chi connectivity index (χ1v) is 7.52. The highest BCUT2D eigenvalue weighted by atomic mass is 79.9. The first-order chi connectivity index (χ1) is 9.61. The maximum Gasteiger partial charge on any atom is 0.260 e. The van der Waals surface area contributed by atoms with Gasteiger partial charge in [0.05, 0.1) is 10.6 Å². The van der Waals surface area contributed by atoms with Crippen LogP contribution in [0.3, 0.4) is 0 Å². The van der Waals surface area contributed by atoms with Crippen LogP contribution in [0.15, 0.2) is 42.5 Å². The molecule has 0 saturated heterocycles. The number of nitrogens with one attached hydrogen (secondary N) is 1. The summed E-state index contributed by atoms with van der Waals surface area (Å²) in [7, 11) is 0. The number of alkyl halides is 1. The van der Waals surface area contributed by atoms with Gasteiger partial charge in [0.1, 0.15) is 5.82 Å². The fraction of sp³-hybridized carbons (Fsp3) is 0.133. The molecule has 0 unspecified atom stereocenters. The van der Waals surface area contributed by atoms with Crippen molar-refractivity contribution in [1.82, 2.24) is 0 Å². The lowest BCUT2D eigenvalue weighted by Crippen LogP contribution is -2.14. The first kappa shape index (κ1) is 15.0. The van der Waals surface area contributed by atoms with Crippen LogP contribution in [0.2, 0.25) is 5.02 Å². The molecule has 2 nitrogen and oxygen atoms in total. The van der Waals surface area contributed by atoms with Gasteiger partial charge in [0.25, 0.3) is 5.91 Å². The number of hydrogen-bond acceptors (Lipinski definition) is 1. The Hall–Kier alpha value is -1.39. The zero-order chi connectivity index (χ0) is 14.5. The summed E-state index contributed by atoms with van der Waals surface area (Å²) < 4.78 is 13.6. The van der Waals surface area contributed by atoms with Gasteiger partial charge in [0.2, 0.25) is 0 Å². The minimum absolute atomic E-state index is 0.0957. The van der Waals surface area contributed by atoms with Gasteiger partial charge in [0.15, 0.2) is 0 Å². The van der Waals surface area contributed by atoms with Crippen molar-refractivity contribution in [3.8, 4) is 0 Å². The molecule has 1 N–H and O–H groups in total. The van der Waals surface area contributed by atoms with Gasteiger partial charge >= 0.3 is 0 Å². The Labute approximate surface area is 130 Å². The Balaban J connectivity index is 2.15. The molecule has 2 aromatic carbocycles. The van der Waals surface area contributed by atoms with Crippen LogP contribution in [0.4, 0.5) is 10.1 Å². The van der Waals surface area contributed by atoms with Gasteiger partial charge in [-0.15, -0.1) is 0 Å². The number of amides is 1. The first-order valence-electron chi connectivity index (χ1n) is 6.02. The molecule has 20 heavy (non-hydrogen) atoms. The van der Waals surface area contributed by atoms with E-state index in [9.17, 15) is 9.18 Å². The fourth-order valence-electron chi connectivity index (χ4n) is 1.77. The highest BCUT2D eigenvalue weighted by Gasteiger charge is 2.15. The standard InChI is InChI=1S/C15H12BrClFNO/c16-9-8-10-4-6-11(7-5-10)19-15(20)14-12(17)2-1-3-13(14)18/h1-7H,8-9H2,(H,19,20). The molecule has 0 saturated carbocycles. The number of anilines is 1. The molecule has 0 spiro atoms. The summed E-state index contributed by atoms with van der Waals surface area (Å²) in [6, 6.07) is 11.6. The van der Waals surface area contributed by atoms with E-state index in [1.807, 2.05) is 12.1 Å². The number of aryl methyl sites for hydroxylation is 1. The van der Waals surface area contributed by atoms with Gasteiger partial charge in [-0.1, -0.05) is 45.7 Å². The number of rotatable bonds is 4. The molecule has 0 atom stereocenters. The van der Waals surface area contributed by atoms with Crippen molar-refractivity contribution in [2.45, 2.75) is 6.42 Å². The van der Waals surface area contributed by atoms with Crippen LogP contribution in [-0.4, -0.2) is 11.2 Å². The second-order valence-electron chi connectivity index (χ2n) is 4.19. The lowest BCUT2D eigenvalue weighted by molar-refractivity contribution is 0.102. The summed E-state index contributed by atoms with van der Waals surface area (Å²) in [5.74, 6) is -1.19. The largest absolute Gasteiger partial charge is 0.322 e. The SMILES string of the molecule is O=C(Nc1ccc(CCBr)cc1)c1c(F)cccc1Cl. The van der Waals surface area contributed by atoms with Crippen LogP contribution in [0.25, 0.3) is 0 Å². The number of halogens is 3. The maximum atomic E-state index is 13.6. The Morgan fingerprint density at radius 1 is 1.20 bits per heavy atom. The van der Waals surface area contributed by atoms with Gasteiger partial charge in [-0.2, -0.15) is 0 Å². The van der Waals surface area contributed by atoms with Crippen LogP contribution in [0.5, 0.6) is 0 Å². The lowest BCUT2D eigenvalue weighted by Gasteiger charge is -2.08. The second kappa shape index (κ2) is 6.86. The van der Waals surface area contributed by atoms with E-state index in [4.69, 9.17) is 11.6 Å². The van der Waals surface area contributed by atoms with Crippen molar-refractivity contribution in [3.05, 3.63) is 64.4 Å². The van der Waals surface area contributed by atoms with Crippen molar-refractivity contribution in [1.29, 1.82) is 0 Å². The summed E-state index contributed by atoms with van der Waals surface area (Å²) in [5, 5.41) is 3.61. The van der Waals surface area contributed by atoms with E-state index in [1.54, 1.807) is 12.1 Å². The zero-order valence-corrected chi connectivity index (χ0v) is 12.8. The molecule has 0 aromatic heterocycles. The van der Waals surface area contributed by atoms with Gasteiger partial charge in [-0.3, -0.25) is 4.79 Å². The topological polar surface area (TPSA) is 29.1 Å². The molecule has 0 heterocycles. The number of carbonyl (C=O) groups excluding carboxylic acids is 1. The molecule has 1 amide bonds. The summed E-state index contributed by atoms with van der Waals surface area (Å²) in [5.41, 5.74) is 1.62. The van der Waals surface area contributed by atoms with Crippen molar-refractivity contribution in [2.24, 2.45) is 0 Å². The third-order valence-corrected chi connectivity index (χ3v) is 3.50. The monoisotopic (exact) mass is 355 g/mol. The summed E-state index contributed by atoms with van der Waals surface area (Å²) in [4.78, 5) is 12.0. The average Bonchev–Trinajstić information content (AvgIpc) is 2.41. The van der Waals surface area contributed by atoms with Gasteiger partial charge in [-0.05, 0) is 36.2 Å². The molecule has 2 rings (SSSR count). The molecular formula is C15H12BrClFNO.